The molecular weight excluding hydrogens is 252 g/mol. The molecule has 0 radical (unpaired) electrons. The van der Waals surface area contributed by atoms with Gasteiger partial charge in [0.1, 0.15) is 13.2 Å². The van der Waals surface area contributed by atoms with E-state index in [1.807, 2.05) is 0 Å². The molecule has 19 heavy (non-hydrogen) atoms. The highest BCUT2D eigenvalue weighted by Crippen LogP contribution is 2.08. The highest BCUT2D eigenvalue weighted by atomic mass is 16.5. The molecule has 0 N–H and O–H groups in total. The number of hydrogen-bond donors (Lipinski definition) is 0. The SMILES string of the molecule is CCOC(=O)CN(CC)C(=O)c1cc(COC)on1. The van der Waals surface area contributed by atoms with Gasteiger partial charge in [-0.25, -0.2) is 0 Å². The van der Waals surface area contributed by atoms with Crippen molar-refractivity contribution in [3.63, 3.8) is 0 Å². The van der Waals surface area contributed by atoms with E-state index >= 15 is 0 Å². The second kappa shape index (κ2) is 7.52. The normalized spacial score (nSPS) is 10.3. The lowest BCUT2D eigenvalue weighted by atomic mass is 10.3. The molecule has 0 atom stereocenters. The molecule has 0 unspecified atom stereocenters. The molecule has 0 fully saturated rings. The van der Waals surface area contributed by atoms with Gasteiger partial charge < -0.3 is 18.9 Å². The van der Waals surface area contributed by atoms with E-state index in [2.05, 4.69) is 5.16 Å². The van der Waals surface area contributed by atoms with Gasteiger partial charge in [0.2, 0.25) is 0 Å². The third kappa shape index (κ3) is 4.36. The summed E-state index contributed by atoms with van der Waals surface area (Å²) >= 11 is 0. The quantitative estimate of drug-likeness (QED) is 0.683. The Kier molecular flexibility index (Phi) is 6.01. The van der Waals surface area contributed by atoms with Crippen molar-refractivity contribution in [3.8, 4) is 0 Å². The van der Waals surface area contributed by atoms with Crippen LogP contribution < -0.4 is 0 Å². The molecule has 7 heteroatoms. The molecule has 0 aromatic carbocycles. The number of aromatic nitrogens is 1. The van der Waals surface area contributed by atoms with Crippen LogP contribution in [0.25, 0.3) is 0 Å². The molecule has 0 bridgehead atoms. The van der Waals surface area contributed by atoms with Crippen LogP contribution in [-0.2, 0) is 20.9 Å². The molecule has 0 aliphatic rings. The van der Waals surface area contributed by atoms with Crippen molar-refractivity contribution in [1.29, 1.82) is 0 Å². The van der Waals surface area contributed by atoms with Gasteiger partial charge in [-0.05, 0) is 13.8 Å². The van der Waals surface area contributed by atoms with Crippen molar-refractivity contribution < 1.29 is 23.6 Å². The summed E-state index contributed by atoms with van der Waals surface area (Å²) in [5.74, 6) is -0.363. The number of hydrogen-bond acceptors (Lipinski definition) is 6. The Morgan fingerprint density at radius 3 is 2.74 bits per heavy atom. The maximum absolute atomic E-state index is 12.1. The van der Waals surface area contributed by atoms with E-state index in [9.17, 15) is 9.59 Å². The highest BCUT2D eigenvalue weighted by molar-refractivity contribution is 5.94. The zero-order chi connectivity index (χ0) is 14.3. The fourth-order valence-electron chi connectivity index (χ4n) is 1.48. The zero-order valence-electron chi connectivity index (χ0n) is 11.3. The molecule has 1 aromatic heterocycles. The Labute approximate surface area is 111 Å². The fraction of sp³-hybridized carbons (Fsp3) is 0.583. The maximum Gasteiger partial charge on any atom is 0.325 e. The fourth-order valence-corrected chi connectivity index (χ4v) is 1.48. The van der Waals surface area contributed by atoms with Crippen LogP contribution in [-0.4, -0.2) is 48.7 Å². The van der Waals surface area contributed by atoms with Crippen LogP contribution in [0.1, 0.15) is 30.1 Å². The average molecular weight is 270 g/mol. The molecule has 1 rings (SSSR count). The standard InChI is InChI=1S/C12H18N2O5/c1-4-14(7-11(15)18-5-2)12(16)10-6-9(8-17-3)19-13-10/h6H,4-5,7-8H2,1-3H3. The minimum Gasteiger partial charge on any atom is -0.465 e. The third-order valence-corrected chi connectivity index (χ3v) is 2.36. The first-order chi connectivity index (χ1) is 9.12. The summed E-state index contributed by atoms with van der Waals surface area (Å²) in [4.78, 5) is 24.8. The molecular formula is C12H18N2O5. The van der Waals surface area contributed by atoms with E-state index in [1.165, 1.54) is 18.1 Å². The molecule has 1 aromatic rings. The Morgan fingerprint density at radius 1 is 1.42 bits per heavy atom. The van der Waals surface area contributed by atoms with Crippen LogP contribution in [0.3, 0.4) is 0 Å². The summed E-state index contributed by atoms with van der Waals surface area (Å²) < 4.78 is 14.6. The first-order valence-corrected chi connectivity index (χ1v) is 6.01. The minimum atomic E-state index is -0.446. The van der Waals surface area contributed by atoms with Crippen molar-refractivity contribution in [3.05, 3.63) is 17.5 Å². The van der Waals surface area contributed by atoms with Crippen molar-refractivity contribution in [2.24, 2.45) is 0 Å². The maximum atomic E-state index is 12.1. The van der Waals surface area contributed by atoms with E-state index in [0.717, 1.165) is 0 Å². The first kappa shape index (κ1) is 15.2. The van der Waals surface area contributed by atoms with E-state index in [4.69, 9.17) is 14.0 Å². The van der Waals surface area contributed by atoms with Crippen LogP contribution in [0, 0.1) is 0 Å². The number of esters is 1. The molecule has 106 valence electrons. The van der Waals surface area contributed by atoms with Gasteiger partial charge >= 0.3 is 5.97 Å². The van der Waals surface area contributed by atoms with Crippen molar-refractivity contribution in [2.75, 3.05) is 26.8 Å². The highest BCUT2D eigenvalue weighted by Gasteiger charge is 2.21. The summed E-state index contributed by atoms with van der Waals surface area (Å²) in [7, 11) is 1.52. The predicted molar refractivity (Wildman–Crippen MR) is 65.4 cm³/mol. The molecule has 1 amide bonds. The number of likely N-dealkylation sites (N-methyl/N-ethyl adjacent to an activating group) is 1. The van der Waals surface area contributed by atoms with E-state index in [0.29, 0.717) is 12.3 Å². The number of amides is 1. The molecule has 0 aliphatic heterocycles. The van der Waals surface area contributed by atoms with E-state index in [1.54, 1.807) is 13.8 Å². The first-order valence-electron chi connectivity index (χ1n) is 6.01. The van der Waals surface area contributed by atoms with Gasteiger partial charge in [-0.15, -0.1) is 0 Å². The van der Waals surface area contributed by atoms with E-state index < -0.39 is 5.97 Å². The third-order valence-electron chi connectivity index (χ3n) is 2.36. The molecule has 0 spiro atoms. The van der Waals surface area contributed by atoms with Gasteiger partial charge in [0, 0.05) is 19.7 Å². The van der Waals surface area contributed by atoms with Crippen LogP contribution in [0.2, 0.25) is 0 Å². The van der Waals surface area contributed by atoms with Gasteiger partial charge in [-0.3, -0.25) is 9.59 Å². The minimum absolute atomic E-state index is 0.102. The average Bonchev–Trinajstić information content (AvgIpc) is 2.84. The molecule has 0 saturated heterocycles. The van der Waals surface area contributed by atoms with Crippen LogP contribution >= 0.6 is 0 Å². The number of ether oxygens (including phenoxy) is 2. The smallest absolute Gasteiger partial charge is 0.325 e. The lowest BCUT2D eigenvalue weighted by Crippen LogP contribution is -2.36. The summed E-state index contributed by atoms with van der Waals surface area (Å²) in [5.41, 5.74) is 0.151. The lowest BCUT2D eigenvalue weighted by Gasteiger charge is -2.17. The topological polar surface area (TPSA) is 81.9 Å². The summed E-state index contributed by atoms with van der Waals surface area (Å²) in [6.45, 7) is 4.29. The number of carbonyl (C=O) groups is 2. The Bertz CT molecular complexity index is 430. The van der Waals surface area contributed by atoms with Gasteiger partial charge in [0.05, 0.1) is 6.61 Å². The van der Waals surface area contributed by atoms with E-state index in [-0.39, 0.29) is 31.4 Å². The molecule has 1 heterocycles. The van der Waals surface area contributed by atoms with Gasteiger partial charge in [0.25, 0.3) is 5.91 Å². The monoisotopic (exact) mass is 270 g/mol. The summed E-state index contributed by atoms with van der Waals surface area (Å²) in [6.07, 6.45) is 0. The lowest BCUT2D eigenvalue weighted by molar-refractivity contribution is -0.143. The molecule has 7 nitrogen and oxygen atoms in total. The van der Waals surface area contributed by atoms with Gasteiger partial charge in [-0.2, -0.15) is 0 Å². The van der Waals surface area contributed by atoms with Crippen molar-refractivity contribution in [1.82, 2.24) is 10.1 Å². The van der Waals surface area contributed by atoms with Crippen LogP contribution in [0.4, 0.5) is 0 Å². The van der Waals surface area contributed by atoms with Crippen LogP contribution in [0.5, 0.6) is 0 Å². The number of methoxy groups -OCH3 is 1. The Hall–Kier alpha value is -1.89. The predicted octanol–water partition coefficient (Wildman–Crippen LogP) is 0.846. The van der Waals surface area contributed by atoms with Gasteiger partial charge in [-0.1, -0.05) is 5.16 Å². The largest absolute Gasteiger partial charge is 0.465 e. The Morgan fingerprint density at radius 2 is 2.16 bits per heavy atom. The Balaban J connectivity index is 2.68. The van der Waals surface area contributed by atoms with Crippen LogP contribution in [0.15, 0.2) is 10.6 Å². The molecule has 0 aliphatic carbocycles. The number of nitrogens with zero attached hydrogens (tertiary/aromatic N) is 2. The molecule has 0 saturated carbocycles. The summed E-state index contributed by atoms with van der Waals surface area (Å²) in [5, 5.41) is 3.66. The van der Waals surface area contributed by atoms with Crippen molar-refractivity contribution >= 4 is 11.9 Å². The second-order valence-electron chi connectivity index (χ2n) is 3.74. The second-order valence-corrected chi connectivity index (χ2v) is 3.74. The van der Waals surface area contributed by atoms with Gasteiger partial charge in [0.15, 0.2) is 11.5 Å². The van der Waals surface area contributed by atoms with Crippen molar-refractivity contribution in [2.45, 2.75) is 20.5 Å². The zero-order valence-corrected chi connectivity index (χ0v) is 11.3. The summed E-state index contributed by atoms with van der Waals surface area (Å²) in [6, 6.07) is 1.50. The number of carbonyl (C=O) groups excluding carboxylic acids is 2. The number of rotatable bonds is 7.